The molecule has 1 aliphatic heterocycles. The number of hydrogen-bond donors (Lipinski definition) is 1. The SMILES string of the molecule is N#Cc1ccccc1CS(=O)(=O)N1CCCC[C@@H]1C(=O)O. The molecule has 6 nitrogen and oxygen atoms in total. The third-order valence-electron chi connectivity index (χ3n) is 3.57. The Morgan fingerprint density at radius 3 is 2.76 bits per heavy atom. The summed E-state index contributed by atoms with van der Waals surface area (Å²) in [6.07, 6.45) is 1.69. The number of piperidine rings is 1. The molecule has 0 amide bonds. The number of carboxylic acids is 1. The second kappa shape index (κ2) is 6.24. The quantitative estimate of drug-likeness (QED) is 0.904. The molecular formula is C14H16N2O4S. The van der Waals surface area contributed by atoms with Crippen LogP contribution in [0, 0.1) is 11.3 Å². The van der Waals surface area contributed by atoms with Gasteiger partial charge in [0.2, 0.25) is 10.0 Å². The van der Waals surface area contributed by atoms with Crippen LogP contribution in [0.25, 0.3) is 0 Å². The summed E-state index contributed by atoms with van der Waals surface area (Å²) >= 11 is 0. The number of benzene rings is 1. The Balaban J connectivity index is 2.29. The van der Waals surface area contributed by atoms with E-state index in [9.17, 15) is 18.3 Å². The predicted molar refractivity (Wildman–Crippen MR) is 75.8 cm³/mol. The van der Waals surface area contributed by atoms with Crippen LogP contribution in [0.2, 0.25) is 0 Å². The molecular weight excluding hydrogens is 292 g/mol. The minimum atomic E-state index is -3.76. The van der Waals surface area contributed by atoms with Crippen molar-refractivity contribution in [1.29, 1.82) is 5.26 Å². The van der Waals surface area contributed by atoms with Gasteiger partial charge in [-0.05, 0) is 30.9 Å². The van der Waals surface area contributed by atoms with Gasteiger partial charge in [0.15, 0.2) is 0 Å². The number of nitrogens with zero attached hydrogens (tertiary/aromatic N) is 2. The minimum absolute atomic E-state index is 0.216. The van der Waals surface area contributed by atoms with Gasteiger partial charge in [0.05, 0.1) is 17.4 Å². The van der Waals surface area contributed by atoms with Crippen LogP contribution in [0.4, 0.5) is 0 Å². The largest absolute Gasteiger partial charge is 0.480 e. The minimum Gasteiger partial charge on any atom is -0.480 e. The van der Waals surface area contributed by atoms with Crippen molar-refractivity contribution in [1.82, 2.24) is 4.31 Å². The molecule has 1 N–H and O–H groups in total. The second-order valence-electron chi connectivity index (χ2n) is 4.99. The van der Waals surface area contributed by atoms with Crippen LogP contribution in [-0.4, -0.2) is 36.4 Å². The van der Waals surface area contributed by atoms with Crippen LogP contribution < -0.4 is 0 Å². The molecule has 0 radical (unpaired) electrons. The van der Waals surface area contributed by atoms with Crippen LogP contribution in [-0.2, 0) is 20.6 Å². The van der Waals surface area contributed by atoms with E-state index in [-0.39, 0.29) is 12.3 Å². The molecule has 0 spiro atoms. The molecule has 1 aliphatic rings. The first kappa shape index (κ1) is 15.5. The van der Waals surface area contributed by atoms with Gasteiger partial charge in [0.25, 0.3) is 0 Å². The Kier molecular flexibility index (Phi) is 4.60. The Labute approximate surface area is 123 Å². The lowest BCUT2D eigenvalue weighted by Crippen LogP contribution is -2.48. The van der Waals surface area contributed by atoms with Crippen LogP contribution in [0.15, 0.2) is 24.3 Å². The maximum atomic E-state index is 12.5. The highest BCUT2D eigenvalue weighted by molar-refractivity contribution is 7.88. The lowest BCUT2D eigenvalue weighted by atomic mass is 10.1. The summed E-state index contributed by atoms with van der Waals surface area (Å²) in [5, 5.41) is 18.2. The fraction of sp³-hybridized carbons (Fsp3) is 0.429. The van der Waals surface area contributed by atoms with E-state index in [2.05, 4.69) is 0 Å². The first-order valence-corrected chi connectivity index (χ1v) is 8.27. The van der Waals surface area contributed by atoms with Crippen molar-refractivity contribution in [3.05, 3.63) is 35.4 Å². The van der Waals surface area contributed by atoms with Crippen molar-refractivity contribution in [3.8, 4) is 6.07 Å². The zero-order chi connectivity index (χ0) is 15.5. The van der Waals surface area contributed by atoms with Crippen molar-refractivity contribution >= 4 is 16.0 Å². The highest BCUT2D eigenvalue weighted by Gasteiger charge is 2.36. The summed E-state index contributed by atoms with van der Waals surface area (Å²) in [5.74, 6) is -1.47. The first-order valence-electron chi connectivity index (χ1n) is 6.66. The third kappa shape index (κ3) is 3.40. The van der Waals surface area contributed by atoms with E-state index in [4.69, 9.17) is 5.26 Å². The van der Waals surface area contributed by atoms with Crippen molar-refractivity contribution in [2.45, 2.75) is 31.1 Å². The van der Waals surface area contributed by atoms with Crippen LogP contribution in [0.3, 0.4) is 0 Å². The lowest BCUT2D eigenvalue weighted by Gasteiger charge is -2.31. The van der Waals surface area contributed by atoms with Gasteiger partial charge in [-0.1, -0.05) is 18.2 Å². The molecule has 1 fully saturated rings. The zero-order valence-electron chi connectivity index (χ0n) is 11.4. The van der Waals surface area contributed by atoms with E-state index in [1.807, 2.05) is 6.07 Å². The van der Waals surface area contributed by atoms with Crippen molar-refractivity contribution in [2.24, 2.45) is 0 Å². The number of carboxylic acid groups (broad SMARTS) is 1. The number of carbonyl (C=O) groups is 1. The Morgan fingerprint density at radius 2 is 2.10 bits per heavy atom. The van der Waals surface area contributed by atoms with Gasteiger partial charge in [-0.15, -0.1) is 0 Å². The average molecular weight is 308 g/mol. The van der Waals surface area contributed by atoms with Crippen molar-refractivity contribution in [3.63, 3.8) is 0 Å². The summed E-state index contributed by atoms with van der Waals surface area (Å²) in [7, 11) is -3.76. The maximum Gasteiger partial charge on any atom is 0.322 e. The maximum absolute atomic E-state index is 12.5. The summed E-state index contributed by atoms with van der Waals surface area (Å²) in [6, 6.07) is 7.41. The Bertz CT molecular complexity index is 678. The normalized spacial score (nSPS) is 19.9. The molecule has 112 valence electrons. The number of rotatable bonds is 4. The standard InChI is InChI=1S/C14H16N2O4S/c15-9-11-5-1-2-6-12(11)10-21(19,20)16-8-4-3-7-13(16)14(17)18/h1-2,5-6,13H,3-4,7-8,10H2,(H,17,18)/t13-/m1/s1. The van der Waals surface area contributed by atoms with Crippen LogP contribution in [0.5, 0.6) is 0 Å². The average Bonchev–Trinajstić information content (AvgIpc) is 2.47. The fourth-order valence-electron chi connectivity index (χ4n) is 2.52. The summed E-state index contributed by atoms with van der Waals surface area (Å²) in [5.41, 5.74) is 0.694. The molecule has 0 unspecified atom stereocenters. The van der Waals surface area contributed by atoms with Crippen molar-refractivity contribution in [2.75, 3.05) is 6.54 Å². The first-order chi connectivity index (χ1) is 9.95. The van der Waals surface area contributed by atoms with Crippen LogP contribution in [0.1, 0.15) is 30.4 Å². The molecule has 2 rings (SSSR count). The highest BCUT2D eigenvalue weighted by atomic mass is 32.2. The van der Waals surface area contributed by atoms with Gasteiger partial charge in [0.1, 0.15) is 6.04 Å². The zero-order valence-corrected chi connectivity index (χ0v) is 12.2. The number of aliphatic carboxylic acids is 1. The molecule has 0 aromatic heterocycles. The molecule has 7 heteroatoms. The lowest BCUT2D eigenvalue weighted by molar-refractivity contribution is -0.142. The van der Waals surface area contributed by atoms with Crippen LogP contribution >= 0.6 is 0 Å². The number of nitriles is 1. The van der Waals surface area contributed by atoms with E-state index >= 15 is 0 Å². The van der Waals surface area contributed by atoms with Gasteiger partial charge < -0.3 is 5.11 Å². The molecule has 1 saturated heterocycles. The molecule has 21 heavy (non-hydrogen) atoms. The molecule has 1 heterocycles. The van der Waals surface area contributed by atoms with Crippen molar-refractivity contribution < 1.29 is 18.3 Å². The summed E-state index contributed by atoms with van der Waals surface area (Å²) in [6.45, 7) is 0.216. The van der Waals surface area contributed by atoms with Gasteiger partial charge in [-0.2, -0.15) is 9.57 Å². The van der Waals surface area contributed by atoms with E-state index in [1.165, 1.54) is 0 Å². The molecule has 1 aromatic rings. The van der Waals surface area contributed by atoms with Gasteiger partial charge in [0, 0.05) is 6.54 Å². The smallest absolute Gasteiger partial charge is 0.322 e. The third-order valence-corrected chi connectivity index (χ3v) is 5.40. The number of sulfonamides is 1. The van der Waals surface area contributed by atoms with E-state index < -0.39 is 22.0 Å². The predicted octanol–water partition coefficient (Wildman–Crippen LogP) is 1.33. The molecule has 0 saturated carbocycles. The number of hydrogen-bond acceptors (Lipinski definition) is 4. The second-order valence-corrected chi connectivity index (χ2v) is 6.91. The van der Waals surface area contributed by atoms with Gasteiger partial charge in [-0.25, -0.2) is 8.42 Å². The molecule has 0 bridgehead atoms. The molecule has 0 aliphatic carbocycles. The monoisotopic (exact) mass is 308 g/mol. The molecule has 1 aromatic carbocycles. The van der Waals surface area contributed by atoms with Gasteiger partial charge in [-0.3, -0.25) is 4.79 Å². The Hall–Kier alpha value is -1.91. The summed E-state index contributed by atoms with van der Waals surface area (Å²) < 4.78 is 26.0. The Morgan fingerprint density at radius 1 is 1.38 bits per heavy atom. The van der Waals surface area contributed by atoms with E-state index in [1.54, 1.807) is 24.3 Å². The van der Waals surface area contributed by atoms with Gasteiger partial charge >= 0.3 is 5.97 Å². The van der Waals surface area contributed by atoms with E-state index in [0.717, 1.165) is 4.31 Å². The fourth-order valence-corrected chi connectivity index (χ4v) is 4.32. The van der Waals surface area contributed by atoms with E-state index in [0.29, 0.717) is 30.4 Å². The summed E-state index contributed by atoms with van der Waals surface area (Å²) in [4.78, 5) is 11.2. The molecule has 1 atom stereocenters. The topological polar surface area (TPSA) is 98.5 Å². The highest BCUT2D eigenvalue weighted by Crippen LogP contribution is 2.24.